The number of Topliss-reactive ketones (excluding diaryl/α,β-unsaturated/α-hetero) is 1. The zero-order valence-electron chi connectivity index (χ0n) is 12.4. The predicted octanol–water partition coefficient (Wildman–Crippen LogP) is 2.48. The SMILES string of the molecule is COC[C@H]1CCCN1N=C[C@@H]1CC(=O)CCC1(C)C. The molecule has 1 saturated carbocycles. The van der Waals surface area contributed by atoms with E-state index >= 15 is 0 Å². The van der Waals surface area contributed by atoms with Gasteiger partial charge in [-0.2, -0.15) is 5.10 Å². The van der Waals surface area contributed by atoms with Crippen LogP contribution in [0.3, 0.4) is 0 Å². The Kier molecular flexibility index (Phi) is 4.61. The predicted molar refractivity (Wildman–Crippen MR) is 76.2 cm³/mol. The highest BCUT2D eigenvalue weighted by molar-refractivity contribution is 5.83. The van der Waals surface area contributed by atoms with E-state index < -0.39 is 0 Å². The van der Waals surface area contributed by atoms with Crippen molar-refractivity contribution in [3.8, 4) is 0 Å². The fourth-order valence-electron chi connectivity index (χ4n) is 3.03. The smallest absolute Gasteiger partial charge is 0.133 e. The van der Waals surface area contributed by atoms with E-state index in [1.807, 2.05) is 6.21 Å². The second-order valence-electron chi connectivity index (χ2n) is 6.52. The normalized spacial score (nSPS) is 31.3. The van der Waals surface area contributed by atoms with E-state index in [0.717, 1.165) is 32.4 Å². The van der Waals surface area contributed by atoms with Gasteiger partial charge in [0.15, 0.2) is 0 Å². The Morgan fingerprint density at radius 3 is 3.05 bits per heavy atom. The van der Waals surface area contributed by atoms with Crippen LogP contribution in [0.2, 0.25) is 0 Å². The molecular weight excluding hydrogens is 240 g/mol. The van der Waals surface area contributed by atoms with Crippen LogP contribution in [0, 0.1) is 11.3 Å². The van der Waals surface area contributed by atoms with Gasteiger partial charge in [0, 0.05) is 38.6 Å². The van der Waals surface area contributed by atoms with Gasteiger partial charge in [0.1, 0.15) is 5.78 Å². The fourth-order valence-corrected chi connectivity index (χ4v) is 3.03. The third kappa shape index (κ3) is 3.56. The fraction of sp³-hybridized carbons (Fsp3) is 0.867. The van der Waals surface area contributed by atoms with E-state index in [4.69, 9.17) is 4.74 Å². The summed E-state index contributed by atoms with van der Waals surface area (Å²) < 4.78 is 5.24. The molecule has 0 unspecified atom stereocenters. The maximum atomic E-state index is 11.6. The molecule has 0 aromatic carbocycles. The molecule has 19 heavy (non-hydrogen) atoms. The first-order valence-electron chi connectivity index (χ1n) is 7.34. The van der Waals surface area contributed by atoms with Crippen LogP contribution in [0.15, 0.2) is 5.10 Å². The molecule has 0 bridgehead atoms. The summed E-state index contributed by atoms with van der Waals surface area (Å²) in [5.41, 5.74) is 0.188. The Bertz CT molecular complexity index is 352. The van der Waals surface area contributed by atoms with Gasteiger partial charge in [-0.15, -0.1) is 0 Å². The molecule has 0 amide bonds. The lowest BCUT2D eigenvalue weighted by molar-refractivity contribution is -0.123. The molecule has 1 aliphatic carbocycles. The molecule has 4 heteroatoms. The molecule has 0 N–H and O–H groups in total. The molecule has 0 aromatic heterocycles. The molecular formula is C15H26N2O2. The van der Waals surface area contributed by atoms with Crippen LogP contribution in [-0.2, 0) is 9.53 Å². The van der Waals surface area contributed by atoms with Crippen LogP contribution in [0.1, 0.15) is 46.0 Å². The van der Waals surface area contributed by atoms with E-state index in [9.17, 15) is 4.79 Å². The van der Waals surface area contributed by atoms with Gasteiger partial charge in [0.25, 0.3) is 0 Å². The summed E-state index contributed by atoms with van der Waals surface area (Å²) in [6.07, 6.45) is 6.71. The van der Waals surface area contributed by atoms with Gasteiger partial charge in [-0.1, -0.05) is 13.8 Å². The van der Waals surface area contributed by atoms with Crippen molar-refractivity contribution in [2.24, 2.45) is 16.4 Å². The molecule has 2 atom stereocenters. The number of methoxy groups -OCH3 is 1. The van der Waals surface area contributed by atoms with Crippen molar-refractivity contribution in [1.29, 1.82) is 0 Å². The molecule has 1 heterocycles. The van der Waals surface area contributed by atoms with E-state index in [1.54, 1.807) is 7.11 Å². The lowest BCUT2D eigenvalue weighted by Crippen LogP contribution is -2.34. The van der Waals surface area contributed by atoms with Crippen LogP contribution in [0.25, 0.3) is 0 Å². The van der Waals surface area contributed by atoms with Crippen molar-refractivity contribution in [2.75, 3.05) is 20.3 Å². The Morgan fingerprint density at radius 1 is 1.53 bits per heavy atom. The number of nitrogens with zero attached hydrogens (tertiary/aromatic N) is 2. The zero-order chi connectivity index (χ0) is 13.9. The maximum absolute atomic E-state index is 11.6. The van der Waals surface area contributed by atoms with Crippen LogP contribution in [0.5, 0.6) is 0 Å². The molecule has 108 valence electrons. The van der Waals surface area contributed by atoms with Gasteiger partial charge in [0.05, 0.1) is 12.6 Å². The van der Waals surface area contributed by atoms with Gasteiger partial charge < -0.3 is 4.74 Å². The number of ether oxygens (including phenoxy) is 1. The summed E-state index contributed by atoms with van der Waals surface area (Å²) >= 11 is 0. The van der Waals surface area contributed by atoms with Gasteiger partial charge in [-0.3, -0.25) is 9.80 Å². The zero-order valence-corrected chi connectivity index (χ0v) is 12.4. The number of rotatable bonds is 4. The van der Waals surface area contributed by atoms with Crippen molar-refractivity contribution in [1.82, 2.24) is 5.01 Å². The number of hydrogen-bond donors (Lipinski definition) is 0. The van der Waals surface area contributed by atoms with Gasteiger partial charge in [-0.05, 0) is 24.7 Å². The van der Waals surface area contributed by atoms with Crippen molar-refractivity contribution in [3.63, 3.8) is 0 Å². The van der Waals surface area contributed by atoms with Crippen molar-refractivity contribution < 1.29 is 9.53 Å². The monoisotopic (exact) mass is 266 g/mol. The van der Waals surface area contributed by atoms with E-state index in [1.165, 1.54) is 6.42 Å². The third-order valence-electron chi connectivity index (χ3n) is 4.60. The van der Waals surface area contributed by atoms with Crippen LogP contribution in [0.4, 0.5) is 0 Å². The molecule has 0 spiro atoms. The highest BCUT2D eigenvalue weighted by atomic mass is 16.5. The maximum Gasteiger partial charge on any atom is 0.133 e. The molecule has 1 aliphatic heterocycles. The quantitative estimate of drug-likeness (QED) is 0.734. The second kappa shape index (κ2) is 6.04. The average Bonchev–Trinajstić information content (AvgIpc) is 2.79. The largest absolute Gasteiger partial charge is 0.382 e. The number of carbonyl (C=O) groups excluding carboxylic acids is 1. The topological polar surface area (TPSA) is 41.9 Å². The average molecular weight is 266 g/mol. The molecule has 0 aromatic rings. The lowest BCUT2D eigenvalue weighted by Gasteiger charge is -2.35. The van der Waals surface area contributed by atoms with Crippen LogP contribution < -0.4 is 0 Å². The summed E-state index contributed by atoms with van der Waals surface area (Å²) in [6.45, 7) is 6.23. The molecule has 0 radical (unpaired) electrons. The first-order chi connectivity index (χ1) is 9.03. The van der Waals surface area contributed by atoms with Gasteiger partial charge in [-0.25, -0.2) is 0 Å². The minimum absolute atomic E-state index is 0.188. The lowest BCUT2D eigenvalue weighted by atomic mass is 9.69. The summed E-state index contributed by atoms with van der Waals surface area (Å²) in [4.78, 5) is 11.6. The highest BCUT2D eigenvalue weighted by Gasteiger charge is 2.35. The third-order valence-corrected chi connectivity index (χ3v) is 4.60. The van der Waals surface area contributed by atoms with Crippen LogP contribution >= 0.6 is 0 Å². The Morgan fingerprint density at radius 2 is 2.32 bits per heavy atom. The van der Waals surface area contributed by atoms with E-state index in [2.05, 4.69) is 24.0 Å². The van der Waals surface area contributed by atoms with E-state index in [-0.39, 0.29) is 11.3 Å². The summed E-state index contributed by atoms with van der Waals surface area (Å²) in [7, 11) is 1.74. The summed E-state index contributed by atoms with van der Waals surface area (Å²) in [5.74, 6) is 0.656. The van der Waals surface area contributed by atoms with Crippen molar-refractivity contribution in [3.05, 3.63) is 0 Å². The highest BCUT2D eigenvalue weighted by Crippen LogP contribution is 2.38. The molecule has 2 aliphatic rings. The molecule has 2 rings (SSSR count). The van der Waals surface area contributed by atoms with Gasteiger partial charge >= 0.3 is 0 Å². The Hall–Kier alpha value is -0.900. The number of ketones is 1. The standard InChI is InChI=1S/C15H26N2O2/c1-15(2)7-6-14(18)9-12(15)10-16-17-8-4-5-13(17)11-19-3/h10,12-13H,4-9,11H2,1-3H3/t12-,13+/m0/s1. The number of hydrazone groups is 1. The summed E-state index contributed by atoms with van der Waals surface area (Å²) in [6, 6.07) is 0.406. The minimum Gasteiger partial charge on any atom is -0.382 e. The summed E-state index contributed by atoms with van der Waals surface area (Å²) in [5, 5.41) is 6.79. The van der Waals surface area contributed by atoms with Crippen LogP contribution in [-0.4, -0.2) is 43.3 Å². The molecule has 1 saturated heterocycles. The Balaban J connectivity index is 1.98. The van der Waals surface area contributed by atoms with E-state index in [0.29, 0.717) is 18.2 Å². The Labute approximate surface area is 116 Å². The molecule has 2 fully saturated rings. The van der Waals surface area contributed by atoms with Crippen molar-refractivity contribution in [2.45, 2.75) is 52.0 Å². The first-order valence-corrected chi connectivity index (χ1v) is 7.34. The number of hydrogen-bond acceptors (Lipinski definition) is 4. The number of carbonyl (C=O) groups is 1. The van der Waals surface area contributed by atoms with Crippen molar-refractivity contribution >= 4 is 12.0 Å². The first kappa shape index (κ1) is 14.5. The minimum atomic E-state index is 0.188. The molecule has 4 nitrogen and oxygen atoms in total. The van der Waals surface area contributed by atoms with Gasteiger partial charge in [0.2, 0.25) is 0 Å². The second-order valence-corrected chi connectivity index (χ2v) is 6.52.